The largest absolute Gasteiger partial charge is 0.349 e. The highest BCUT2D eigenvalue weighted by Crippen LogP contribution is 2.23. The van der Waals surface area contributed by atoms with Gasteiger partial charge >= 0.3 is 0 Å². The molecule has 3 rings (SSSR count). The number of hydrogen-bond acceptors (Lipinski definition) is 2. The lowest BCUT2D eigenvalue weighted by Crippen LogP contribution is -2.35. The molecule has 0 spiro atoms. The van der Waals surface area contributed by atoms with Crippen LogP contribution in [0.3, 0.4) is 0 Å². The smallest absolute Gasteiger partial charge is 0.225 e. The maximum Gasteiger partial charge on any atom is 0.225 e. The van der Waals surface area contributed by atoms with Crippen LogP contribution in [-0.2, 0) is 16.1 Å². The Morgan fingerprint density at radius 1 is 1.07 bits per heavy atom. The summed E-state index contributed by atoms with van der Waals surface area (Å²) in [6.07, 6.45) is 1.12. The average molecular weight is 364 g/mol. The second-order valence-electron chi connectivity index (χ2n) is 7.54. The van der Waals surface area contributed by atoms with Crippen LogP contribution in [-0.4, -0.2) is 23.3 Å². The van der Waals surface area contributed by atoms with Gasteiger partial charge in [0.2, 0.25) is 11.8 Å². The van der Waals surface area contributed by atoms with Gasteiger partial charge in [0.05, 0.1) is 12.0 Å². The third-order valence-corrected chi connectivity index (χ3v) is 5.28. The number of aryl methyl sites for hydroxylation is 2. The number of amides is 2. The normalized spacial score (nSPS) is 17.8. The summed E-state index contributed by atoms with van der Waals surface area (Å²) in [7, 11) is 0. The van der Waals surface area contributed by atoms with Crippen molar-refractivity contribution in [2.45, 2.75) is 46.2 Å². The number of carbonyl (C=O) groups is 2. The monoisotopic (exact) mass is 364 g/mol. The molecule has 0 saturated carbocycles. The number of likely N-dealkylation sites (tertiary alicyclic amines) is 1. The van der Waals surface area contributed by atoms with Gasteiger partial charge in [-0.3, -0.25) is 9.59 Å². The molecule has 2 atom stereocenters. The molecule has 1 aliphatic rings. The Labute approximate surface area is 161 Å². The van der Waals surface area contributed by atoms with Crippen LogP contribution >= 0.6 is 0 Å². The van der Waals surface area contributed by atoms with Crippen molar-refractivity contribution >= 4 is 11.8 Å². The topological polar surface area (TPSA) is 49.4 Å². The molecule has 0 radical (unpaired) electrons. The molecular weight excluding hydrogens is 336 g/mol. The average Bonchev–Trinajstić information content (AvgIpc) is 3.03. The molecule has 0 aromatic heterocycles. The van der Waals surface area contributed by atoms with Crippen molar-refractivity contribution in [3.8, 4) is 0 Å². The predicted octanol–water partition coefficient (Wildman–Crippen LogP) is 3.92. The molecular formula is C23H28N2O2. The molecule has 2 unspecified atom stereocenters. The SMILES string of the molecule is CCC(NC(=O)C1CC(=O)N(Cc2ccc(C)cc2)C1)c1ccc(C)cc1. The Bertz CT molecular complexity index is 796. The Balaban J connectivity index is 1.60. The lowest BCUT2D eigenvalue weighted by Gasteiger charge is -2.21. The Hall–Kier alpha value is -2.62. The maximum absolute atomic E-state index is 12.8. The maximum atomic E-state index is 12.8. The fourth-order valence-electron chi connectivity index (χ4n) is 3.52. The van der Waals surface area contributed by atoms with E-state index in [1.807, 2.05) is 31.2 Å². The molecule has 1 aliphatic heterocycles. The second-order valence-corrected chi connectivity index (χ2v) is 7.54. The number of nitrogens with zero attached hydrogens (tertiary/aromatic N) is 1. The molecule has 0 bridgehead atoms. The summed E-state index contributed by atoms with van der Waals surface area (Å²) in [4.78, 5) is 26.9. The van der Waals surface area contributed by atoms with E-state index in [2.05, 4.69) is 43.4 Å². The van der Waals surface area contributed by atoms with Crippen molar-refractivity contribution in [3.63, 3.8) is 0 Å². The molecule has 142 valence electrons. The first kappa shape index (κ1) is 19.2. The van der Waals surface area contributed by atoms with Gasteiger partial charge in [0, 0.05) is 19.5 Å². The van der Waals surface area contributed by atoms with Crippen LogP contribution < -0.4 is 5.32 Å². The van der Waals surface area contributed by atoms with E-state index in [-0.39, 0.29) is 23.8 Å². The predicted molar refractivity (Wildman–Crippen MR) is 107 cm³/mol. The molecule has 0 aliphatic carbocycles. The van der Waals surface area contributed by atoms with Crippen LogP contribution in [0, 0.1) is 19.8 Å². The lowest BCUT2D eigenvalue weighted by atomic mass is 10.0. The summed E-state index contributed by atoms with van der Waals surface area (Å²) in [6, 6.07) is 16.4. The Morgan fingerprint density at radius 3 is 2.26 bits per heavy atom. The standard InChI is InChI=1S/C23H28N2O2/c1-4-21(19-11-7-17(3)8-12-19)24-23(27)20-13-22(26)25(15-20)14-18-9-5-16(2)6-10-18/h5-12,20-21H,4,13-15H2,1-3H3,(H,24,27). The van der Waals surface area contributed by atoms with Gasteiger partial charge in [-0.1, -0.05) is 66.6 Å². The van der Waals surface area contributed by atoms with Crippen molar-refractivity contribution in [2.75, 3.05) is 6.54 Å². The highest BCUT2D eigenvalue weighted by molar-refractivity contribution is 5.89. The molecule has 2 aromatic carbocycles. The van der Waals surface area contributed by atoms with Gasteiger partial charge in [-0.05, 0) is 31.4 Å². The fraction of sp³-hybridized carbons (Fsp3) is 0.391. The summed E-state index contributed by atoms with van der Waals surface area (Å²) < 4.78 is 0. The van der Waals surface area contributed by atoms with E-state index >= 15 is 0 Å². The Kier molecular flexibility index (Phi) is 5.94. The second kappa shape index (κ2) is 8.38. The van der Waals surface area contributed by atoms with E-state index in [1.165, 1.54) is 11.1 Å². The first-order valence-corrected chi connectivity index (χ1v) is 9.66. The fourth-order valence-corrected chi connectivity index (χ4v) is 3.52. The summed E-state index contributed by atoms with van der Waals surface area (Å²) >= 11 is 0. The summed E-state index contributed by atoms with van der Waals surface area (Å²) in [5.74, 6) is -0.247. The summed E-state index contributed by atoms with van der Waals surface area (Å²) in [6.45, 7) is 7.22. The van der Waals surface area contributed by atoms with Crippen LogP contribution in [0.4, 0.5) is 0 Å². The van der Waals surface area contributed by atoms with Crippen LogP contribution in [0.15, 0.2) is 48.5 Å². The lowest BCUT2D eigenvalue weighted by molar-refractivity contribution is -0.129. The highest BCUT2D eigenvalue weighted by atomic mass is 16.2. The number of rotatable bonds is 6. The molecule has 4 heteroatoms. The van der Waals surface area contributed by atoms with Gasteiger partial charge < -0.3 is 10.2 Å². The van der Waals surface area contributed by atoms with Gasteiger partial charge in [-0.15, -0.1) is 0 Å². The third kappa shape index (κ3) is 4.76. The van der Waals surface area contributed by atoms with Crippen molar-refractivity contribution in [1.82, 2.24) is 10.2 Å². The van der Waals surface area contributed by atoms with Gasteiger partial charge in [-0.2, -0.15) is 0 Å². The third-order valence-electron chi connectivity index (χ3n) is 5.28. The summed E-state index contributed by atoms with van der Waals surface area (Å²) in [5, 5.41) is 3.14. The van der Waals surface area contributed by atoms with Crippen LogP contribution in [0.2, 0.25) is 0 Å². The molecule has 1 N–H and O–H groups in total. The zero-order valence-corrected chi connectivity index (χ0v) is 16.4. The van der Waals surface area contributed by atoms with Crippen LogP contribution in [0.25, 0.3) is 0 Å². The molecule has 27 heavy (non-hydrogen) atoms. The van der Waals surface area contributed by atoms with Gasteiger partial charge in [-0.25, -0.2) is 0 Å². The van der Waals surface area contributed by atoms with E-state index < -0.39 is 0 Å². The Morgan fingerprint density at radius 2 is 1.67 bits per heavy atom. The first-order valence-electron chi connectivity index (χ1n) is 9.66. The van der Waals surface area contributed by atoms with Gasteiger partial charge in [0.15, 0.2) is 0 Å². The zero-order chi connectivity index (χ0) is 19.4. The van der Waals surface area contributed by atoms with E-state index in [0.717, 1.165) is 17.5 Å². The first-order chi connectivity index (χ1) is 13.0. The van der Waals surface area contributed by atoms with Crippen LogP contribution in [0.5, 0.6) is 0 Å². The van der Waals surface area contributed by atoms with Crippen molar-refractivity contribution < 1.29 is 9.59 Å². The van der Waals surface area contributed by atoms with Crippen molar-refractivity contribution in [1.29, 1.82) is 0 Å². The number of hydrogen-bond donors (Lipinski definition) is 1. The minimum atomic E-state index is -0.276. The molecule has 2 aromatic rings. The zero-order valence-electron chi connectivity index (χ0n) is 16.4. The number of carbonyl (C=O) groups excluding carboxylic acids is 2. The molecule has 1 heterocycles. The van der Waals surface area contributed by atoms with Gasteiger partial charge in [0.1, 0.15) is 0 Å². The summed E-state index contributed by atoms with van der Waals surface area (Å²) in [5.41, 5.74) is 4.61. The number of nitrogens with one attached hydrogen (secondary N) is 1. The van der Waals surface area contributed by atoms with Crippen LogP contribution in [0.1, 0.15) is 48.1 Å². The van der Waals surface area contributed by atoms with E-state index in [0.29, 0.717) is 19.5 Å². The quantitative estimate of drug-likeness (QED) is 0.845. The minimum absolute atomic E-state index is 0.0145. The minimum Gasteiger partial charge on any atom is -0.349 e. The molecule has 2 amide bonds. The highest BCUT2D eigenvalue weighted by Gasteiger charge is 2.34. The van der Waals surface area contributed by atoms with E-state index in [1.54, 1.807) is 4.90 Å². The van der Waals surface area contributed by atoms with E-state index in [4.69, 9.17) is 0 Å². The van der Waals surface area contributed by atoms with Gasteiger partial charge in [0.25, 0.3) is 0 Å². The number of benzene rings is 2. The van der Waals surface area contributed by atoms with E-state index in [9.17, 15) is 9.59 Å². The molecule has 1 fully saturated rings. The van der Waals surface area contributed by atoms with Crippen molar-refractivity contribution in [2.24, 2.45) is 5.92 Å². The molecule has 1 saturated heterocycles. The molecule has 4 nitrogen and oxygen atoms in total. The van der Waals surface area contributed by atoms with Crippen molar-refractivity contribution in [3.05, 3.63) is 70.8 Å².